The van der Waals surface area contributed by atoms with Gasteiger partial charge >= 0.3 is 0 Å². The van der Waals surface area contributed by atoms with Gasteiger partial charge in [-0.2, -0.15) is 4.98 Å². The number of nitrogens with one attached hydrogen (secondary N) is 1. The lowest BCUT2D eigenvalue weighted by atomic mass is 9.82. The topological polar surface area (TPSA) is 64.8 Å². The number of para-hydroxylation sites is 1. The number of rotatable bonds is 5. The number of hydrogen-bond acceptors (Lipinski definition) is 6. The predicted molar refractivity (Wildman–Crippen MR) is 134 cm³/mol. The third-order valence-electron chi connectivity index (χ3n) is 8.76. The molecule has 2 unspecified atom stereocenters. The van der Waals surface area contributed by atoms with E-state index in [0.717, 1.165) is 31.8 Å². The van der Waals surface area contributed by atoms with Gasteiger partial charge in [0.25, 0.3) is 11.9 Å². The van der Waals surface area contributed by atoms with Crippen molar-refractivity contribution >= 4 is 23.0 Å². The molecule has 0 radical (unpaired) electrons. The van der Waals surface area contributed by atoms with Crippen LogP contribution in [0.25, 0.3) is 11.1 Å². The van der Waals surface area contributed by atoms with Crippen molar-refractivity contribution in [1.82, 2.24) is 20.1 Å². The van der Waals surface area contributed by atoms with E-state index in [1.54, 1.807) is 0 Å². The van der Waals surface area contributed by atoms with Crippen LogP contribution in [0.1, 0.15) is 69.2 Å². The van der Waals surface area contributed by atoms with E-state index in [1.807, 2.05) is 18.2 Å². The zero-order valence-corrected chi connectivity index (χ0v) is 20.9. The third-order valence-corrected chi connectivity index (χ3v) is 8.76. The molecule has 34 heavy (non-hydrogen) atoms. The van der Waals surface area contributed by atoms with Crippen LogP contribution in [0.5, 0.6) is 0 Å². The molecule has 1 aliphatic carbocycles. The number of oxazole rings is 1. The molecule has 4 heterocycles. The number of piperazine rings is 1. The molecular formula is C27H39N5O2. The van der Waals surface area contributed by atoms with E-state index in [0.29, 0.717) is 46.8 Å². The summed E-state index contributed by atoms with van der Waals surface area (Å²) in [6, 6.07) is 8.45. The van der Waals surface area contributed by atoms with Crippen LogP contribution < -0.4 is 10.2 Å². The van der Waals surface area contributed by atoms with Crippen molar-refractivity contribution in [2.45, 2.75) is 89.0 Å². The molecule has 1 N–H and O–H groups in total. The molecule has 1 aromatic carbocycles. The molecule has 4 atom stereocenters. The first-order valence-corrected chi connectivity index (χ1v) is 13.4. The van der Waals surface area contributed by atoms with E-state index in [4.69, 9.17) is 9.40 Å². The molecule has 184 valence electrons. The van der Waals surface area contributed by atoms with Gasteiger partial charge in [-0.05, 0) is 77.5 Å². The smallest absolute Gasteiger partial charge is 0.298 e. The van der Waals surface area contributed by atoms with Crippen molar-refractivity contribution < 1.29 is 9.21 Å². The first-order chi connectivity index (χ1) is 16.5. The number of piperidine rings is 2. The number of carbonyl (C=O) groups excluding carboxylic acids is 1. The largest absolute Gasteiger partial charge is 0.423 e. The molecule has 7 heteroatoms. The van der Waals surface area contributed by atoms with Gasteiger partial charge in [-0.25, -0.2) is 0 Å². The Morgan fingerprint density at radius 2 is 1.79 bits per heavy atom. The van der Waals surface area contributed by atoms with Crippen LogP contribution >= 0.6 is 0 Å². The van der Waals surface area contributed by atoms with E-state index in [-0.39, 0.29) is 11.9 Å². The summed E-state index contributed by atoms with van der Waals surface area (Å²) in [7, 11) is 2.25. The molecule has 6 rings (SSSR count). The summed E-state index contributed by atoms with van der Waals surface area (Å²) < 4.78 is 6.24. The molecule has 1 saturated carbocycles. The first-order valence-electron chi connectivity index (χ1n) is 13.4. The number of carbonyl (C=O) groups is 1. The number of fused-ring (bicyclic) bond motifs is 3. The maximum absolute atomic E-state index is 13.4. The summed E-state index contributed by atoms with van der Waals surface area (Å²) >= 11 is 0. The molecule has 2 bridgehead atoms. The molecular weight excluding hydrogens is 426 g/mol. The Labute approximate surface area is 202 Å². The molecule has 3 aliphatic heterocycles. The van der Waals surface area contributed by atoms with Gasteiger partial charge < -0.3 is 19.5 Å². The number of hydrogen-bond donors (Lipinski definition) is 1. The highest BCUT2D eigenvalue weighted by Gasteiger charge is 2.37. The Morgan fingerprint density at radius 3 is 2.47 bits per heavy atom. The zero-order valence-electron chi connectivity index (χ0n) is 20.9. The van der Waals surface area contributed by atoms with Gasteiger partial charge in [0.15, 0.2) is 5.58 Å². The van der Waals surface area contributed by atoms with Crippen molar-refractivity contribution in [1.29, 1.82) is 0 Å². The van der Waals surface area contributed by atoms with Gasteiger partial charge in [-0.3, -0.25) is 9.69 Å². The lowest BCUT2D eigenvalue weighted by Gasteiger charge is -2.47. The summed E-state index contributed by atoms with van der Waals surface area (Å²) in [4.78, 5) is 25.7. The standard InChI is InChI=1S/C27H39N5O2/c1-17-14-31(16-19-10-11-19)15-18(2)32(17)27-29-25-23(8-5-9-24(25)34-27)26(33)28-20-12-21-6-4-7-22(13-20)30(21)3/h5,8-9,17-22H,4,6-7,10-16H2,1-3H3,(H,28,33)/t17-,18-,20?,21?,22?/m0/s1. The van der Waals surface area contributed by atoms with Gasteiger partial charge in [-0.15, -0.1) is 0 Å². The summed E-state index contributed by atoms with van der Waals surface area (Å²) in [5, 5.41) is 3.35. The van der Waals surface area contributed by atoms with E-state index in [9.17, 15) is 4.79 Å². The molecule has 4 fully saturated rings. The van der Waals surface area contributed by atoms with Gasteiger partial charge in [0, 0.05) is 49.8 Å². The van der Waals surface area contributed by atoms with Crippen LogP contribution in [0.2, 0.25) is 0 Å². The van der Waals surface area contributed by atoms with Crippen LogP contribution in [-0.4, -0.2) is 77.6 Å². The van der Waals surface area contributed by atoms with E-state index in [1.165, 1.54) is 38.6 Å². The fourth-order valence-electron chi connectivity index (χ4n) is 6.85. The molecule has 4 aliphatic rings. The molecule has 1 aromatic heterocycles. The first kappa shape index (κ1) is 22.4. The highest BCUT2D eigenvalue weighted by molar-refractivity contribution is 6.04. The van der Waals surface area contributed by atoms with Crippen molar-refractivity contribution in [2.75, 3.05) is 31.6 Å². The average molecular weight is 466 g/mol. The van der Waals surface area contributed by atoms with Gasteiger partial charge in [0.2, 0.25) is 0 Å². The second-order valence-corrected chi connectivity index (χ2v) is 11.5. The second kappa shape index (κ2) is 8.83. The lowest BCUT2D eigenvalue weighted by molar-refractivity contribution is 0.0463. The highest BCUT2D eigenvalue weighted by atomic mass is 16.4. The van der Waals surface area contributed by atoms with E-state index >= 15 is 0 Å². The minimum Gasteiger partial charge on any atom is -0.423 e. The maximum atomic E-state index is 13.4. The number of benzene rings is 1. The summed E-state index contributed by atoms with van der Waals surface area (Å²) in [5.74, 6) is 0.883. The van der Waals surface area contributed by atoms with Crippen LogP contribution in [0.3, 0.4) is 0 Å². The Bertz CT molecular complexity index is 1020. The Hall–Kier alpha value is -2.12. The minimum absolute atomic E-state index is 0.0200. The SMILES string of the molecule is C[C@H]1CN(CC2CC2)C[C@H](C)N1c1nc2c(C(=O)NC3CC4CCCC(C3)N4C)cccc2o1. The number of anilines is 1. The predicted octanol–water partition coefficient (Wildman–Crippen LogP) is 3.88. The Balaban J connectivity index is 1.19. The van der Waals surface area contributed by atoms with Crippen LogP contribution in [0.4, 0.5) is 6.01 Å². The normalized spacial score (nSPS) is 32.8. The minimum atomic E-state index is -0.0200. The molecule has 3 saturated heterocycles. The van der Waals surface area contributed by atoms with E-state index in [2.05, 4.69) is 40.9 Å². The van der Waals surface area contributed by atoms with Crippen LogP contribution in [0.15, 0.2) is 22.6 Å². The van der Waals surface area contributed by atoms with Crippen LogP contribution in [-0.2, 0) is 0 Å². The van der Waals surface area contributed by atoms with Gasteiger partial charge in [0.05, 0.1) is 5.56 Å². The molecule has 2 aromatic rings. The monoisotopic (exact) mass is 465 g/mol. The number of nitrogens with zero attached hydrogens (tertiary/aromatic N) is 4. The summed E-state index contributed by atoms with van der Waals surface area (Å²) in [5.41, 5.74) is 2.01. The fraction of sp³-hybridized carbons (Fsp3) is 0.704. The van der Waals surface area contributed by atoms with Crippen molar-refractivity contribution in [3.05, 3.63) is 23.8 Å². The fourth-order valence-corrected chi connectivity index (χ4v) is 6.85. The zero-order chi connectivity index (χ0) is 23.4. The third kappa shape index (κ3) is 4.22. The summed E-state index contributed by atoms with van der Waals surface area (Å²) in [6.45, 7) is 7.81. The molecule has 1 amide bonds. The Kier molecular flexibility index (Phi) is 5.80. The maximum Gasteiger partial charge on any atom is 0.298 e. The molecule has 7 nitrogen and oxygen atoms in total. The van der Waals surface area contributed by atoms with E-state index < -0.39 is 0 Å². The van der Waals surface area contributed by atoms with Crippen molar-refractivity contribution in [3.63, 3.8) is 0 Å². The van der Waals surface area contributed by atoms with Crippen molar-refractivity contribution in [2.24, 2.45) is 5.92 Å². The summed E-state index contributed by atoms with van der Waals surface area (Å²) in [6.07, 6.45) is 8.65. The van der Waals surface area contributed by atoms with Crippen molar-refractivity contribution in [3.8, 4) is 0 Å². The van der Waals surface area contributed by atoms with Gasteiger partial charge in [0.1, 0.15) is 5.52 Å². The lowest BCUT2D eigenvalue weighted by Crippen LogP contribution is -2.57. The Morgan fingerprint density at radius 1 is 1.09 bits per heavy atom. The number of amides is 1. The molecule has 0 spiro atoms. The highest BCUT2D eigenvalue weighted by Crippen LogP contribution is 2.34. The van der Waals surface area contributed by atoms with Crippen LogP contribution in [0, 0.1) is 5.92 Å². The second-order valence-electron chi connectivity index (χ2n) is 11.5. The average Bonchev–Trinajstić information content (AvgIpc) is 3.48. The quantitative estimate of drug-likeness (QED) is 0.723. The number of aromatic nitrogens is 1. The van der Waals surface area contributed by atoms with Gasteiger partial charge in [-0.1, -0.05) is 12.5 Å².